The highest BCUT2D eigenvalue weighted by molar-refractivity contribution is 5.79. The van der Waals surface area contributed by atoms with Crippen LogP contribution in [0.2, 0.25) is 0 Å². The zero-order valence-corrected chi connectivity index (χ0v) is 10.8. The summed E-state index contributed by atoms with van der Waals surface area (Å²) in [5.41, 5.74) is 2.31. The molecular formula is C14H16N4. The van der Waals surface area contributed by atoms with Crippen molar-refractivity contribution in [2.45, 2.75) is 20.0 Å². The van der Waals surface area contributed by atoms with Crippen LogP contribution >= 0.6 is 0 Å². The Bertz CT molecular complexity index is 582. The van der Waals surface area contributed by atoms with E-state index in [9.17, 15) is 0 Å². The van der Waals surface area contributed by atoms with Crippen LogP contribution in [0.5, 0.6) is 0 Å². The van der Waals surface area contributed by atoms with E-state index in [1.165, 1.54) is 0 Å². The van der Waals surface area contributed by atoms with E-state index < -0.39 is 0 Å². The third-order valence-electron chi connectivity index (χ3n) is 3.52. The van der Waals surface area contributed by atoms with Gasteiger partial charge in [-0.3, -0.25) is 4.90 Å². The molecular weight excluding hydrogens is 224 g/mol. The van der Waals surface area contributed by atoms with Crippen LogP contribution < -0.4 is 9.80 Å². The van der Waals surface area contributed by atoms with Crippen LogP contribution in [0.1, 0.15) is 12.5 Å². The average molecular weight is 240 g/mol. The summed E-state index contributed by atoms with van der Waals surface area (Å²) in [6.45, 7) is 4.24. The third-order valence-corrected chi connectivity index (χ3v) is 3.52. The molecule has 4 nitrogen and oxygen atoms in total. The van der Waals surface area contributed by atoms with Crippen LogP contribution in [0.4, 0.5) is 17.3 Å². The summed E-state index contributed by atoms with van der Waals surface area (Å²) in [6.07, 6.45) is 3.88. The van der Waals surface area contributed by atoms with Gasteiger partial charge in [-0.2, -0.15) is 0 Å². The summed E-state index contributed by atoms with van der Waals surface area (Å²) in [7, 11) is 2.09. The SMILES string of the molecule is Cc1cccnc1N1c2ncccc2N(C)C1C. The van der Waals surface area contributed by atoms with Crippen LogP contribution in [0.3, 0.4) is 0 Å². The van der Waals surface area contributed by atoms with Gasteiger partial charge >= 0.3 is 0 Å². The number of rotatable bonds is 1. The van der Waals surface area contributed by atoms with E-state index in [1.54, 1.807) is 0 Å². The lowest BCUT2D eigenvalue weighted by molar-refractivity contribution is 0.722. The molecule has 0 N–H and O–H groups in total. The molecule has 0 amide bonds. The monoisotopic (exact) mass is 240 g/mol. The zero-order chi connectivity index (χ0) is 12.7. The Balaban J connectivity index is 2.16. The summed E-state index contributed by atoms with van der Waals surface area (Å²) in [4.78, 5) is 13.4. The minimum absolute atomic E-state index is 0.225. The largest absolute Gasteiger partial charge is 0.351 e. The summed E-state index contributed by atoms with van der Waals surface area (Å²) in [5.74, 6) is 1.96. The van der Waals surface area contributed by atoms with E-state index in [0.717, 1.165) is 22.9 Å². The van der Waals surface area contributed by atoms with Gasteiger partial charge in [0, 0.05) is 19.4 Å². The first-order chi connectivity index (χ1) is 8.70. The summed E-state index contributed by atoms with van der Waals surface area (Å²) >= 11 is 0. The van der Waals surface area contributed by atoms with Crippen molar-refractivity contribution in [3.8, 4) is 0 Å². The van der Waals surface area contributed by atoms with Crippen LogP contribution in [-0.4, -0.2) is 23.2 Å². The molecule has 2 aromatic heterocycles. The highest BCUT2D eigenvalue weighted by atomic mass is 15.4. The minimum atomic E-state index is 0.225. The fraction of sp³-hybridized carbons (Fsp3) is 0.286. The van der Waals surface area contributed by atoms with Crippen molar-refractivity contribution in [1.29, 1.82) is 0 Å². The lowest BCUT2D eigenvalue weighted by atomic mass is 10.2. The maximum atomic E-state index is 4.50. The van der Waals surface area contributed by atoms with Gasteiger partial charge in [0.25, 0.3) is 0 Å². The van der Waals surface area contributed by atoms with Gasteiger partial charge in [-0.15, -0.1) is 0 Å². The first-order valence-electron chi connectivity index (χ1n) is 6.09. The zero-order valence-electron chi connectivity index (χ0n) is 10.8. The molecule has 1 aliphatic heterocycles. The standard InChI is InChI=1S/C14H16N4/c1-10-6-4-8-15-13(10)18-11(2)17(3)12-7-5-9-16-14(12)18/h4-9,11H,1-3H3. The summed E-state index contributed by atoms with van der Waals surface area (Å²) < 4.78 is 0. The first kappa shape index (κ1) is 11.0. The van der Waals surface area contributed by atoms with Crippen molar-refractivity contribution < 1.29 is 0 Å². The number of aryl methyl sites for hydroxylation is 1. The number of anilines is 3. The van der Waals surface area contributed by atoms with Gasteiger partial charge < -0.3 is 4.90 Å². The van der Waals surface area contributed by atoms with Crippen LogP contribution in [0.15, 0.2) is 36.7 Å². The molecule has 0 aliphatic carbocycles. The molecule has 1 aliphatic rings. The fourth-order valence-corrected chi connectivity index (χ4v) is 2.41. The number of aromatic nitrogens is 2. The molecule has 0 fully saturated rings. The second-order valence-electron chi connectivity index (χ2n) is 4.60. The maximum Gasteiger partial charge on any atom is 0.159 e. The number of nitrogens with zero attached hydrogens (tertiary/aromatic N) is 4. The van der Waals surface area contributed by atoms with Gasteiger partial charge in [0.1, 0.15) is 12.0 Å². The van der Waals surface area contributed by atoms with Gasteiger partial charge in [-0.1, -0.05) is 6.07 Å². The highest BCUT2D eigenvalue weighted by Gasteiger charge is 2.33. The smallest absolute Gasteiger partial charge is 0.159 e. The molecule has 92 valence electrons. The Morgan fingerprint density at radius 2 is 1.72 bits per heavy atom. The van der Waals surface area contributed by atoms with Crippen molar-refractivity contribution in [1.82, 2.24) is 9.97 Å². The summed E-state index contributed by atoms with van der Waals surface area (Å²) in [5, 5.41) is 0. The Morgan fingerprint density at radius 3 is 2.44 bits per heavy atom. The maximum absolute atomic E-state index is 4.50. The third kappa shape index (κ3) is 1.45. The van der Waals surface area contributed by atoms with Crippen LogP contribution in [0, 0.1) is 6.92 Å². The van der Waals surface area contributed by atoms with Crippen LogP contribution in [0.25, 0.3) is 0 Å². The molecule has 2 aromatic rings. The van der Waals surface area contributed by atoms with E-state index in [1.807, 2.05) is 24.5 Å². The molecule has 3 heterocycles. The second kappa shape index (κ2) is 3.98. The van der Waals surface area contributed by atoms with Crippen molar-refractivity contribution in [2.75, 3.05) is 16.8 Å². The number of pyridine rings is 2. The highest BCUT2D eigenvalue weighted by Crippen LogP contribution is 2.41. The van der Waals surface area contributed by atoms with E-state index in [2.05, 4.69) is 52.8 Å². The molecule has 1 atom stereocenters. The van der Waals surface area contributed by atoms with Crippen molar-refractivity contribution in [2.24, 2.45) is 0 Å². The molecule has 1 unspecified atom stereocenters. The van der Waals surface area contributed by atoms with E-state index in [4.69, 9.17) is 0 Å². The van der Waals surface area contributed by atoms with Gasteiger partial charge in [-0.05, 0) is 37.6 Å². The van der Waals surface area contributed by atoms with Gasteiger partial charge in [0.05, 0.1) is 5.69 Å². The molecule has 18 heavy (non-hydrogen) atoms. The quantitative estimate of drug-likeness (QED) is 0.767. The van der Waals surface area contributed by atoms with Crippen molar-refractivity contribution >= 4 is 17.3 Å². The minimum Gasteiger partial charge on any atom is -0.351 e. The molecule has 4 heteroatoms. The average Bonchev–Trinajstić information content (AvgIpc) is 2.64. The van der Waals surface area contributed by atoms with Gasteiger partial charge in [0.2, 0.25) is 0 Å². The van der Waals surface area contributed by atoms with Crippen LogP contribution in [-0.2, 0) is 0 Å². The Labute approximate surface area is 107 Å². The Morgan fingerprint density at radius 1 is 1.06 bits per heavy atom. The van der Waals surface area contributed by atoms with Crippen molar-refractivity contribution in [3.63, 3.8) is 0 Å². The molecule has 0 saturated heterocycles. The van der Waals surface area contributed by atoms with Gasteiger partial charge in [-0.25, -0.2) is 9.97 Å². The molecule has 0 spiro atoms. The molecule has 3 rings (SSSR count). The lowest BCUT2D eigenvalue weighted by Crippen LogP contribution is -2.36. The van der Waals surface area contributed by atoms with Gasteiger partial charge in [0.15, 0.2) is 5.82 Å². The number of fused-ring (bicyclic) bond motifs is 1. The molecule has 0 saturated carbocycles. The van der Waals surface area contributed by atoms with Crippen molar-refractivity contribution in [3.05, 3.63) is 42.2 Å². The molecule has 0 bridgehead atoms. The topological polar surface area (TPSA) is 32.3 Å². The van der Waals surface area contributed by atoms with E-state index in [0.29, 0.717) is 0 Å². The normalized spacial score (nSPS) is 18.1. The fourth-order valence-electron chi connectivity index (χ4n) is 2.41. The number of hydrogen-bond donors (Lipinski definition) is 0. The summed E-state index contributed by atoms with van der Waals surface area (Å²) in [6, 6.07) is 8.10. The first-order valence-corrected chi connectivity index (χ1v) is 6.09. The predicted molar refractivity (Wildman–Crippen MR) is 73.2 cm³/mol. The van der Waals surface area contributed by atoms with E-state index in [-0.39, 0.29) is 6.17 Å². The predicted octanol–water partition coefficient (Wildman–Crippen LogP) is 2.72. The Kier molecular flexibility index (Phi) is 2.44. The molecule has 0 radical (unpaired) electrons. The molecule has 0 aromatic carbocycles. The lowest BCUT2D eigenvalue weighted by Gasteiger charge is -2.27. The van der Waals surface area contributed by atoms with E-state index >= 15 is 0 Å². The second-order valence-corrected chi connectivity index (χ2v) is 4.60. The Hall–Kier alpha value is -2.10. The number of hydrogen-bond acceptors (Lipinski definition) is 4.